The summed E-state index contributed by atoms with van der Waals surface area (Å²) in [6, 6.07) is 16.5. The number of nitrogens with one attached hydrogen (secondary N) is 1. The molecule has 0 aliphatic carbocycles. The number of hydrogen-bond donors (Lipinski definition) is 1. The van der Waals surface area contributed by atoms with Crippen molar-refractivity contribution in [2.45, 2.75) is 0 Å². The quantitative estimate of drug-likeness (QED) is 0.489. The van der Waals surface area contributed by atoms with E-state index < -0.39 is 5.97 Å². The normalized spacial score (nSPS) is 10.8. The largest absolute Gasteiger partial charge is 0.497 e. The fourth-order valence-electron chi connectivity index (χ4n) is 2.43. The number of carbonyl (C=O) groups is 1. The van der Waals surface area contributed by atoms with Gasteiger partial charge in [0.05, 0.1) is 25.5 Å². The maximum Gasteiger partial charge on any atom is 0.337 e. The molecule has 0 amide bonds. The maximum atomic E-state index is 11.5. The lowest BCUT2D eigenvalue weighted by atomic mass is 10.1. The zero-order valence-electron chi connectivity index (χ0n) is 15.3. The molecule has 0 saturated carbocycles. The van der Waals surface area contributed by atoms with E-state index in [1.165, 1.54) is 18.4 Å². The number of methoxy groups -OCH3 is 2. The van der Waals surface area contributed by atoms with Gasteiger partial charge < -0.3 is 14.8 Å². The molecule has 0 spiro atoms. The van der Waals surface area contributed by atoms with Gasteiger partial charge in [0.15, 0.2) is 0 Å². The van der Waals surface area contributed by atoms with Crippen molar-refractivity contribution in [3.05, 3.63) is 70.7 Å². The number of anilines is 1. The van der Waals surface area contributed by atoms with Crippen LogP contribution in [0, 0.1) is 11.3 Å². The summed E-state index contributed by atoms with van der Waals surface area (Å²) in [7, 11) is 2.95. The van der Waals surface area contributed by atoms with Crippen LogP contribution in [0.5, 0.6) is 5.75 Å². The zero-order chi connectivity index (χ0) is 19.9. The average Bonchev–Trinajstić information content (AvgIpc) is 3.24. The van der Waals surface area contributed by atoms with Crippen LogP contribution in [0.1, 0.15) is 15.4 Å². The lowest BCUT2D eigenvalue weighted by Gasteiger charge is -2.03. The van der Waals surface area contributed by atoms with Crippen molar-refractivity contribution in [3.8, 4) is 23.1 Å². The number of carbonyl (C=O) groups excluding carboxylic acids is 1. The summed E-state index contributed by atoms with van der Waals surface area (Å²) in [6.45, 7) is 0. The smallest absolute Gasteiger partial charge is 0.337 e. The third-order valence-electron chi connectivity index (χ3n) is 3.91. The molecule has 1 aromatic heterocycles. The second-order valence-electron chi connectivity index (χ2n) is 5.65. The van der Waals surface area contributed by atoms with Crippen LogP contribution in [-0.4, -0.2) is 25.2 Å². The third-order valence-corrected chi connectivity index (χ3v) is 4.79. The number of thiazole rings is 1. The molecule has 1 N–H and O–H groups in total. The Morgan fingerprint density at radius 1 is 1.21 bits per heavy atom. The summed E-state index contributed by atoms with van der Waals surface area (Å²) < 4.78 is 9.92. The fourth-order valence-corrected chi connectivity index (χ4v) is 3.22. The van der Waals surface area contributed by atoms with Crippen LogP contribution in [0.4, 0.5) is 5.69 Å². The number of nitrogens with zero attached hydrogens (tertiary/aromatic N) is 2. The van der Waals surface area contributed by atoms with Gasteiger partial charge in [-0.3, -0.25) is 0 Å². The molecule has 0 radical (unpaired) electrons. The maximum absolute atomic E-state index is 11.5. The van der Waals surface area contributed by atoms with Crippen molar-refractivity contribution in [1.29, 1.82) is 5.26 Å². The van der Waals surface area contributed by atoms with E-state index in [1.807, 2.05) is 29.6 Å². The van der Waals surface area contributed by atoms with Crippen LogP contribution in [0.3, 0.4) is 0 Å². The number of hydrogen-bond acceptors (Lipinski definition) is 7. The Bertz CT molecular complexity index is 1050. The van der Waals surface area contributed by atoms with E-state index in [9.17, 15) is 10.1 Å². The summed E-state index contributed by atoms with van der Waals surface area (Å²) >= 11 is 1.39. The minimum Gasteiger partial charge on any atom is -0.497 e. The number of benzene rings is 2. The molecule has 0 saturated heterocycles. The lowest BCUT2D eigenvalue weighted by Crippen LogP contribution is -2.00. The van der Waals surface area contributed by atoms with Gasteiger partial charge in [0, 0.05) is 22.8 Å². The number of aromatic nitrogens is 1. The summed E-state index contributed by atoms with van der Waals surface area (Å²) in [4.78, 5) is 16.0. The van der Waals surface area contributed by atoms with Crippen molar-refractivity contribution in [1.82, 2.24) is 4.98 Å². The summed E-state index contributed by atoms with van der Waals surface area (Å²) in [6.07, 6.45) is 1.60. The molecule has 3 rings (SSSR count). The molecule has 6 nitrogen and oxygen atoms in total. The molecular weight excluding hydrogens is 374 g/mol. The number of ether oxygens (including phenoxy) is 2. The predicted molar refractivity (Wildman–Crippen MR) is 109 cm³/mol. The highest BCUT2D eigenvalue weighted by atomic mass is 32.1. The minimum absolute atomic E-state index is 0.396. The van der Waals surface area contributed by atoms with Gasteiger partial charge in [-0.25, -0.2) is 9.78 Å². The molecule has 140 valence electrons. The Labute approximate surface area is 166 Å². The van der Waals surface area contributed by atoms with Crippen molar-refractivity contribution in [2.75, 3.05) is 19.5 Å². The summed E-state index contributed by atoms with van der Waals surface area (Å²) in [5, 5.41) is 15.1. The molecule has 7 heteroatoms. The van der Waals surface area contributed by atoms with E-state index in [4.69, 9.17) is 4.74 Å². The molecule has 1 heterocycles. The highest BCUT2D eigenvalue weighted by Gasteiger charge is 2.10. The first-order valence-corrected chi connectivity index (χ1v) is 9.18. The van der Waals surface area contributed by atoms with Crippen LogP contribution in [0.15, 0.2) is 60.1 Å². The number of nitriles is 1. The third kappa shape index (κ3) is 4.37. The molecule has 0 aliphatic rings. The van der Waals surface area contributed by atoms with Crippen LogP contribution < -0.4 is 10.1 Å². The molecule has 0 fully saturated rings. The predicted octanol–water partition coefficient (Wildman–Crippen LogP) is 4.58. The Morgan fingerprint density at radius 2 is 2.00 bits per heavy atom. The zero-order valence-corrected chi connectivity index (χ0v) is 16.1. The first kappa shape index (κ1) is 19.1. The van der Waals surface area contributed by atoms with Crippen molar-refractivity contribution >= 4 is 28.6 Å². The van der Waals surface area contributed by atoms with Gasteiger partial charge in [-0.05, 0) is 36.4 Å². The number of esters is 1. The lowest BCUT2D eigenvalue weighted by molar-refractivity contribution is 0.0601. The Kier molecular flexibility index (Phi) is 6.04. The van der Waals surface area contributed by atoms with E-state index in [-0.39, 0.29) is 0 Å². The molecule has 3 aromatic rings. The highest BCUT2D eigenvalue weighted by Crippen LogP contribution is 2.28. The molecule has 0 aliphatic heterocycles. The van der Waals surface area contributed by atoms with Gasteiger partial charge in [-0.2, -0.15) is 5.26 Å². The molecule has 2 aromatic carbocycles. The Hall–Kier alpha value is -3.63. The van der Waals surface area contributed by atoms with Gasteiger partial charge in [0.1, 0.15) is 22.4 Å². The highest BCUT2D eigenvalue weighted by molar-refractivity contribution is 7.11. The van der Waals surface area contributed by atoms with Gasteiger partial charge in [-0.15, -0.1) is 11.3 Å². The molecule has 0 bridgehead atoms. The van der Waals surface area contributed by atoms with Gasteiger partial charge in [-0.1, -0.05) is 12.1 Å². The first-order valence-electron chi connectivity index (χ1n) is 8.30. The Balaban J connectivity index is 1.77. The second kappa shape index (κ2) is 8.84. The molecule has 0 unspecified atom stereocenters. The Morgan fingerprint density at radius 3 is 2.68 bits per heavy atom. The molecule has 28 heavy (non-hydrogen) atoms. The first-order chi connectivity index (χ1) is 13.6. The van der Waals surface area contributed by atoms with Crippen LogP contribution in [0.2, 0.25) is 0 Å². The van der Waals surface area contributed by atoms with E-state index in [2.05, 4.69) is 21.1 Å². The monoisotopic (exact) mass is 391 g/mol. The van der Waals surface area contributed by atoms with Crippen molar-refractivity contribution < 1.29 is 14.3 Å². The van der Waals surface area contributed by atoms with Crippen LogP contribution >= 0.6 is 11.3 Å². The standard InChI is InChI=1S/C21H17N3O3S/c1-26-18-5-3-4-15(10-18)19-13-28-20(24-19)16(11-22)12-23-17-8-6-14(7-9-17)21(25)27-2/h3-10,12-13,23H,1-2H3/b16-12+. The topological polar surface area (TPSA) is 84.2 Å². The van der Waals surface area contributed by atoms with Gasteiger partial charge >= 0.3 is 5.97 Å². The second-order valence-corrected chi connectivity index (χ2v) is 6.51. The van der Waals surface area contributed by atoms with E-state index in [1.54, 1.807) is 37.6 Å². The van der Waals surface area contributed by atoms with E-state index in [0.29, 0.717) is 16.1 Å². The van der Waals surface area contributed by atoms with Crippen LogP contribution in [-0.2, 0) is 4.74 Å². The van der Waals surface area contributed by atoms with Gasteiger partial charge in [0.2, 0.25) is 0 Å². The average molecular weight is 391 g/mol. The molecular formula is C21H17N3O3S. The SMILES string of the molecule is COC(=O)c1ccc(N/C=C(\C#N)c2nc(-c3cccc(OC)c3)cs2)cc1. The number of rotatable bonds is 6. The summed E-state index contributed by atoms with van der Waals surface area (Å²) in [5.41, 5.74) is 3.31. The van der Waals surface area contributed by atoms with E-state index >= 15 is 0 Å². The van der Waals surface area contributed by atoms with Gasteiger partial charge in [0.25, 0.3) is 0 Å². The minimum atomic E-state index is -0.396. The van der Waals surface area contributed by atoms with Crippen LogP contribution in [0.25, 0.3) is 16.8 Å². The van der Waals surface area contributed by atoms with E-state index in [0.717, 1.165) is 22.7 Å². The van der Waals surface area contributed by atoms with Crippen molar-refractivity contribution in [2.24, 2.45) is 0 Å². The fraction of sp³-hybridized carbons (Fsp3) is 0.0952. The number of allylic oxidation sites excluding steroid dienone is 1. The molecule has 0 atom stereocenters. The summed E-state index contributed by atoms with van der Waals surface area (Å²) in [5.74, 6) is 0.354. The van der Waals surface area contributed by atoms with Crippen molar-refractivity contribution in [3.63, 3.8) is 0 Å².